The van der Waals surface area contributed by atoms with Gasteiger partial charge in [0, 0.05) is 24.6 Å². The fourth-order valence-electron chi connectivity index (χ4n) is 4.03. The topological polar surface area (TPSA) is 32.3 Å². The van der Waals surface area contributed by atoms with Crippen molar-refractivity contribution in [3.05, 3.63) is 35.4 Å². The number of aliphatic hydroxyl groups is 1. The first-order valence-electron chi connectivity index (χ1n) is 8.62. The van der Waals surface area contributed by atoms with Gasteiger partial charge in [0.15, 0.2) is 0 Å². The summed E-state index contributed by atoms with van der Waals surface area (Å²) in [5.74, 6) is 0.735. The number of aliphatic hydroxyl groups excluding tert-OH is 1. The van der Waals surface area contributed by atoms with Crippen molar-refractivity contribution in [3.8, 4) is 0 Å². The van der Waals surface area contributed by atoms with Gasteiger partial charge in [0.25, 0.3) is 0 Å². The van der Waals surface area contributed by atoms with E-state index in [0.29, 0.717) is 12.6 Å². The highest BCUT2D eigenvalue weighted by Gasteiger charge is 2.35. The second-order valence-corrected chi connectivity index (χ2v) is 7.38. The lowest BCUT2D eigenvalue weighted by atomic mass is 9.72. The van der Waals surface area contributed by atoms with Gasteiger partial charge < -0.3 is 10.4 Å². The average Bonchev–Trinajstić information content (AvgIpc) is 2.47. The summed E-state index contributed by atoms with van der Waals surface area (Å²) in [7, 11) is 0. The van der Waals surface area contributed by atoms with Crippen molar-refractivity contribution in [2.45, 2.75) is 63.8 Å². The predicted molar refractivity (Wildman–Crippen MR) is 87.5 cm³/mol. The van der Waals surface area contributed by atoms with Gasteiger partial charge in [-0.15, -0.1) is 0 Å². The van der Waals surface area contributed by atoms with E-state index in [1.807, 2.05) is 0 Å². The second-order valence-electron chi connectivity index (χ2n) is 7.38. The third-order valence-corrected chi connectivity index (χ3v) is 5.67. The van der Waals surface area contributed by atoms with E-state index in [0.717, 1.165) is 12.5 Å². The van der Waals surface area contributed by atoms with Gasteiger partial charge in [0.1, 0.15) is 0 Å². The van der Waals surface area contributed by atoms with Crippen LogP contribution < -0.4 is 5.32 Å². The lowest BCUT2D eigenvalue weighted by molar-refractivity contribution is 0.0732. The molecule has 0 aliphatic heterocycles. The van der Waals surface area contributed by atoms with Crippen LogP contribution in [0.2, 0.25) is 0 Å². The van der Waals surface area contributed by atoms with Crippen molar-refractivity contribution in [2.24, 2.45) is 5.41 Å². The molecule has 2 saturated carbocycles. The van der Waals surface area contributed by atoms with Crippen molar-refractivity contribution >= 4 is 0 Å². The van der Waals surface area contributed by atoms with E-state index >= 15 is 0 Å². The molecule has 0 spiro atoms. The molecule has 0 radical (unpaired) electrons. The van der Waals surface area contributed by atoms with Crippen LogP contribution in [0.1, 0.15) is 62.0 Å². The van der Waals surface area contributed by atoms with E-state index in [4.69, 9.17) is 0 Å². The van der Waals surface area contributed by atoms with Crippen LogP contribution in [0.4, 0.5) is 0 Å². The fourth-order valence-corrected chi connectivity index (χ4v) is 4.03. The Bertz CT molecular complexity index is 458. The van der Waals surface area contributed by atoms with Crippen molar-refractivity contribution < 1.29 is 5.11 Å². The lowest BCUT2D eigenvalue weighted by Gasteiger charge is -2.41. The summed E-state index contributed by atoms with van der Waals surface area (Å²) in [6.45, 7) is 3.54. The molecular weight excluding hydrogens is 258 g/mol. The number of aryl methyl sites for hydroxylation is 1. The molecule has 1 aromatic carbocycles. The largest absolute Gasteiger partial charge is 0.396 e. The second kappa shape index (κ2) is 6.50. The van der Waals surface area contributed by atoms with Crippen LogP contribution in [0.5, 0.6) is 0 Å². The minimum atomic E-state index is 0.173. The molecule has 3 rings (SSSR count). The monoisotopic (exact) mass is 287 g/mol. The molecule has 2 aliphatic rings. The van der Waals surface area contributed by atoms with Gasteiger partial charge in [0.2, 0.25) is 0 Å². The molecule has 0 bridgehead atoms. The fraction of sp³-hybridized carbons (Fsp3) is 0.684. The number of benzene rings is 1. The number of hydrogen-bond acceptors (Lipinski definition) is 2. The molecular formula is C19H29NO. The van der Waals surface area contributed by atoms with Crippen LogP contribution in [0.25, 0.3) is 0 Å². The zero-order valence-electron chi connectivity index (χ0n) is 13.3. The summed E-state index contributed by atoms with van der Waals surface area (Å²) in [4.78, 5) is 0. The molecule has 0 heterocycles. The van der Waals surface area contributed by atoms with Crippen LogP contribution in [0, 0.1) is 12.3 Å². The van der Waals surface area contributed by atoms with E-state index in [-0.39, 0.29) is 5.41 Å². The first-order chi connectivity index (χ1) is 10.2. The van der Waals surface area contributed by atoms with Gasteiger partial charge >= 0.3 is 0 Å². The normalized spacial score (nSPS) is 28.1. The van der Waals surface area contributed by atoms with Gasteiger partial charge in [0.05, 0.1) is 0 Å². The van der Waals surface area contributed by atoms with Gasteiger partial charge in [-0.05, 0) is 44.1 Å². The minimum absolute atomic E-state index is 0.173. The summed E-state index contributed by atoms with van der Waals surface area (Å²) < 4.78 is 0. The molecule has 2 fully saturated rings. The number of rotatable bonds is 5. The first-order valence-corrected chi connectivity index (χ1v) is 8.62. The van der Waals surface area contributed by atoms with Crippen LogP contribution in [-0.2, 0) is 0 Å². The quantitative estimate of drug-likeness (QED) is 0.864. The molecule has 0 amide bonds. The summed E-state index contributed by atoms with van der Waals surface area (Å²) >= 11 is 0. The van der Waals surface area contributed by atoms with Crippen molar-refractivity contribution in [2.75, 3.05) is 13.2 Å². The molecule has 0 unspecified atom stereocenters. The van der Waals surface area contributed by atoms with E-state index in [2.05, 4.69) is 36.5 Å². The third kappa shape index (κ3) is 3.49. The lowest BCUT2D eigenvalue weighted by Crippen LogP contribution is -2.47. The van der Waals surface area contributed by atoms with Gasteiger partial charge in [-0.3, -0.25) is 0 Å². The molecule has 2 heteroatoms. The van der Waals surface area contributed by atoms with Crippen LogP contribution in [0.15, 0.2) is 24.3 Å². The van der Waals surface area contributed by atoms with Crippen molar-refractivity contribution in [1.82, 2.24) is 5.32 Å². The molecule has 21 heavy (non-hydrogen) atoms. The Balaban J connectivity index is 1.46. The van der Waals surface area contributed by atoms with Gasteiger partial charge in [-0.2, -0.15) is 0 Å². The molecule has 0 atom stereocenters. The molecule has 1 aromatic rings. The Morgan fingerprint density at radius 1 is 1.19 bits per heavy atom. The Morgan fingerprint density at radius 3 is 2.62 bits per heavy atom. The number of nitrogens with one attached hydrogen (secondary N) is 1. The maximum atomic E-state index is 9.77. The summed E-state index contributed by atoms with van der Waals surface area (Å²) in [6, 6.07) is 9.60. The van der Waals surface area contributed by atoms with Crippen molar-refractivity contribution in [3.63, 3.8) is 0 Å². The van der Waals surface area contributed by atoms with Gasteiger partial charge in [-0.1, -0.05) is 49.1 Å². The highest BCUT2D eigenvalue weighted by Crippen LogP contribution is 2.39. The summed E-state index contributed by atoms with van der Waals surface area (Å²) in [5.41, 5.74) is 3.04. The standard InChI is InChI=1S/C19H29NO/c1-15-6-5-7-16(10-15)17-11-18(12-17)20-13-19(14-21)8-3-2-4-9-19/h5-7,10,17-18,20-21H,2-4,8-9,11-14H2,1H3. The maximum Gasteiger partial charge on any atom is 0.0499 e. The highest BCUT2D eigenvalue weighted by atomic mass is 16.3. The maximum absolute atomic E-state index is 9.77. The van der Waals surface area contributed by atoms with E-state index in [1.165, 1.54) is 56.1 Å². The van der Waals surface area contributed by atoms with E-state index in [1.54, 1.807) is 0 Å². The molecule has 116 valence electrons. The molecule has 0 saturated heterocycles. The van der Waals surface area contributed by atoms with Crippen LogP contribution in [-0.4, -0.2) is 24.3 Å². The Kier molecular flexibility index (Phi) is 4.66. The highest BCUT2D eigenvalue weighted by molar-refractivity contribution is 5.27. The Hall–Kier alpha value is -0.860. The smallest absolute Gasteiger partial charge is 0.0499 e. The zero-order chi connectivity index (χ0) is 14.7. The summed E-state index contributed by atoms with van der Waals surface area (Å²) in [5, 5.41) is 13.5. The summed E-state index contributed by atoms with van der Waals surface area (Å²) in [6.07, 6.45) is 8.84. The SMILES string of the molecule is Cc1cccc(C2CC(NCC3(CO)CCCCC3)C2)c1. The third-order valence-electron chi connectivity index (χ3n) is 5.67. The van der Waals surface area contributed by atoms with Crippen molar-refractivity contribution in [1.29, 1.82) is 0 Å². The zero-order valence-corrected chi connectivity index (χ0v) is 13.3. The van der Waals surface area contributed by atoms with E-state index in [9.17, 15) is 5.11 Å². The first kappa shape index (κ1) is 15.1. The molecule has 2 N–H and O–H groups in total. The molecule has 0 aromatic heterocycles. The molecule has 2 nitrogen and oxygen atoms in total. The number of hydrogen-bond donors (Lipinski definition) is 2. The molecule has 2 aliphatic carbocycles. The van der Waals surface area contributed by atoms with Crippen LogP contribution >= 0.6 is 0 Å². The Morgan fingerprint density at radius 2 is 1.95 bits per heavy atom. The average molecular weight is 287 g/mol. The Labute approximate surface area is 129 Å². The van der Waals surface area contributed by atoms with Crippen LogP contribution in [0.3, 0.4) is 0 Å². The minimum Gasteiger partial charge on any atom is -0.396 e. The predicted octanol–water partition coefficient (Wildman–Crippen LogP) is 3.77. The van der Waals surface area contributed by atoms with E-state index < -0.39 is 0 Å². The van der Waals surface area contributed by atoms with Gasteiger partial charge in [-0.25, -0.2) is 0 Å².